The highest BCUT2D eigenvalue weighted by atomic mass is 32.2. The molecule has 1 aliphatic rings. The lowest BCUT2D eigenvalue weighted by atomic mass is 10.2. The second-order valence-electron chi connectivity index (χ2n) is 5.30. The standard InChI is InChI=1S/C13H21N3O3S/c1-3-20(18,19)10-13(17)16-6-4-5-12(16)9-15-8-11(2)7-14-15/h7-8,12H,3-6,9-10H2,1-2H3/t12-/m0/s1. The average Bonchev–Trinajstić information content (AvgIpc) is 2.98. The molecular formula is C13H21N3O3S. The summed E-state index contributed by atoms with van der Waals surface area (Å²) in [5.74, 6) is -0.647. The van der Waals surface area contributed by atoms with E-state index in [-0.39, 0.29) is 23.5 Å². The first kappa shape index (κ1) is 15.0. The zero-order valence-electron chi connectivity index (χ0n) is 11.9. The Bertz CT molecular complexity index is 579. The van der Waals surface area contributed by atoms with Crippen molar-refractivity contribution in [2.24, 2.45) is 0 Å². The summed E-state index contributed by atoms with van der Waals surface area (Å²) in [5.41, 5.74) is 1.08. The lowest BCUT2D eigenvalue weighted by Gasteiger charge is -2.24. The molecule has 2 heterocycles. The minimum atomic E-state index is -3.26. The topological polar surface area (TPSA) is 72.3 Å². The van der Waals surface area contributed by atoms with Gasteiger partial charge in [-0.1, -0.05) is 6.92 Å². The molecule has 1 fully saturated rings. The van der Waals surface area contributed by atoms with Gasteiger partial charge in [0.1, 0.15) is 5.75 Å². The van der Waals surface area contributed by atoms with Gasteiger partial charge in [-0.2, -0.15) is 5.10 Å². The summed E-state index contributed by atoms with van der Waals surface area (Å²) in [7, 11) is -3.26. The van der Waals surface area contributed by atoms with E-state index in [4.69, 9.17) is 0 Å². The zero-order valence-corrected chi connectivity index (χ0v) is 12.8. The van der Waals surface area contributed by atoms with E-state index >= 15 is 0 Å². The second-order valence-corrected chi connectivity index (χ2v) is 7.65. The Labute approximate surface area is 119 Å². The van der Waals surface area contributed by atoms with E-state index in [9.17, 15) is 13.2 Å². The van der Waals surface area contributed by atoms with Gasteiger partial charge in [0.2, 0.25) is 5.91 Å². The van der Waals surface area contributed by atoms with Crippen molar-refractivity contribution in [2.45, 2.75) is 39.3 Å². The van der Waals surface area contributed by atoms with E-state index in [1.165, 1.54) is 0 Å². The molecule has 0 aliphatic carbocycles. The first-order valence-electron chi connectivity index (χ1n) is 6.90. The van der Waals surface area contributed by atoms with Crippen LogP contribution >= 0.6 is 0 Å². The van der Waals surface area contributed by atoms with Crippen LogP contribution in [0.15, 0.2) is 12.4 Å². The van der Waals surface area contributed by atoms with Crippen LogP contribution in [-0.4, -0.2) is 53.1 Å². The Kier molecular flexibility index (Phi) is 4.47. The van der Waals surface area contributed by atoms with Crippen LogP contribution in [0, 0.1) is 6.92 Å². The van der Waals surface area contributed by atoms with Gasteiger partial charge in [-0.15, -0.1) is 0 Å². The summed E-state index contributed by atoms with van der Waals surface area (Å²) in [6, 6.07) is 0.0499. The van der Waals surface area contributed by atoms with Gasteiger partial charge in [0.05, 0.1) is 18.8 Å². The number of carbonyl (C=O) groups is 1. The van der Waals surface area contributed by atoms with Gasteiger partial charge in [0.25, 0.3) is 0 Å². The molecule has 1 saturated heterocycles. The molecular weight excluding hydrogens is 278 g/mol. The lowest BCUT2D eigenvalue weighted by Crippen LogP contribution is -2.41. The molecule has 1 aromatic rings. The van der Waals surface area contributed by atoms with Crippen molar-refractivity contribution < 1.29 is 13.2 Å². The molecule has 0 N–H and O–H groups in total. The number of aryl methyl sites for hydroxylation is 1. The molecule has 0 spiro atoms. The molecule has 1 amide bonds. The van der Waals surface area contributed by atoms with Crippen molar-refractivity contribution in [1.82, 2.24) is 14.7 Å². The Morgan fingerprint density at radius 1 is 1.50 bits per heavy atom. The molecule has 1 aromatic heterocycles. The van der Waals surface area contributed by atoms with E-state index in [2.05, 4.69) is 5.10 Å². The number of hydrogen-bond donors (Lipinski definition) is 0. The third-order valence-electron chi connectivity index (χ3n) is 3.64. The molecule has 6 nitrogen and oxygen atoms in total. The Morgan fingerprint density at radius 3 is 2.85 bits per heavy atom. The maximum atomic E-state index is 12.1. The number of amides is 1. The highest BCUT2D eigenvalue weighted by Gasteiger charge is 2.31. The van der Waals surface area contributed by atoms with Gasteiger partial charge in [0.15, 0.2) is 9.84 Å². The molecule has 0 radical (unpaired) electrons. The summed E-state index contributed by atoms with van der Waals surface area (Å²) >= 11 is 0. The SMILES string of the molecule is CCS(=O)(=O)CC(=O)N1CCC[C@H]1Cn1cc(C)cn1. The summed E-state index contributed by atoms with van der Waals surface area (Å²) in [6.07, 6.45) is 5.53. The van der Waals surface area contributed by atoms with E-state index in [1.54, 1.807) is 18.0 Å². The van der Waals surface area contributed by atoms with Crippen LogP contribution in [-0.2, 0) is 21.2 Å². The van der Waals surface area contributed by atoms with Crippen LogP contribution in [0.25, 0.3) is 0 Å². The van der Waals surface area contributed by atoms with Gasteiger partial charge in [-0.25, -0.2) is 8.42 Å². The molecule has 20 heavy (non-hydrogen) atoms. The van der Waals surface area contributed by atoms with Gasteiger partial charge in [-0.05, 0) is 25.3 Å². The Balaban J connectivity index is 2.02. The van der Waals surface area contributed by atoms with Crippen LogP contribution in [0.3, 0.4) is 0 Å². The number of likely N-dealkylation sites (tertiary alicyclic amines) is 1. The monoisotopic (exact) mass is 299 g/mol. The smallest absolute Gasteiger partial charge is 0.238 e. The quantitative estimate of drug-likeness (QED) is 0.799. The minimum absolute atomic E-state index is 0.00952. The van der Waals surface area contributed by atoms with E-state index in [0.717, 1.165) is 18.4 Å². The van der Waals surface area contributed by atoms with Crippen LogP contribution in [0.4, 0.5) is 0 Å². The van der Waals surface area contributed by atoms with Crippen molar-refractivity contribution in [3.63, 3.8) is 0 Å². The fourth-order valence-electron chi connectivity index (χ4n) is 2.51. The normalized spacial score (nSPS) is 19.5. The summed E-state index contributed by atoms with van der Waals surface area (Å²) in [4.78, 5) is 13.8. The predicted octanol–water partition coefficient (Wildman–Crippen LogP) is 0.617. The summed E-state index contributed by atoms with van der Waals surface area (Å²) < 4.78 is 25.0. The molecule has 0 unspecified atom stereocenters. The first-order chi connectivity index (χ1) is 9.41. The molecule has 1 aliphatic heterocycles. The third kappa shape index (κ3) is 3.59. The fourth-order valence-corrected chi connectivity index (χ4v) is 3.26. The third-order valence-corrected chi connectivity index (χ3v) is 5.21. The molecule has 7 heteroatoms. The number of hydrogen-bond acceptors (Lipinski definition) is 4. The van der Waals surface area contributed by atoms with Gasteiger partial charge in [-0.3, -0.25) is 9.48 Å². The van der Waals surface area contributed by atoms with Crippen molar-refractivity contribution in [3.05, 3.63) is 18.0 Å². The zero-order chi connectivity index (χ0) is 14.8. The highest BCUT2D eigenvalue weighted by molar-refractivity contribution is 7.92. The second kappa shape index (κ2) is 5.95. The van der Waals surface area contributed by atoms with Crippen LogP contribution in [0.2, 0.25) is 0 Å². The van der Waals surface area contributed by atoms with Crippen molar-refractivity contribution in [3.8, 4) is 0 Å². The fraction of sp³-hybridized carbons (Fsp3) is 0.692. The molecule has 2 rings (SSSR count). The van der Waals surface area contributed by atoms with Gasteiger partial charge >= 0.3 is 0 Å². The maximum absolute atomic E-state index is 12.1. The Hall–Kier alpha value is -1.37. The molecule has 0 aromatic carbocycles. The largest absolute Gasteiger partial charge is 0.337 e. The summed E-state index contributed by atoms with van der Waals surface area (Å²) in [6.45, 7) is 4.81. The van der Waals surface area contributed by atoms with E-state index in [0.29, 0.717) is 13.1 Å². The predicted molar refractivity (Wildman–Crippen MR) is 76.0 cm³/mol. The maximum Gasteiger partial charge on any atom is 0.238 e. The van der Waals surface area contributed by atoms with Crippen molar-refractivity contribution in [2.75, 3.05) is 18.1 Å². The molecule has 0 bridgehead atoms. The Morgan fingerprint density at radius 2 is 2.25 bits per heavy atom. The van der Waals surface area contributed by atoms with Gasteiger partial charge < -0.3 is 4.90 Å². The lowest BCUT2D eigenvalue weighted by molar-refractivity contribution is -0.129. The number of carbonyl (C=O) groups excluding carboxylic acids is 1. The number of rotatable bonds is 5. The van der Waals surface area contributed by atoms with E-state index < -0.39 is 9.84 Å². The number of aromatic nitrogens is 2. The number of nitrogens with zero attached hydrogens (tertiary/aromatic N) is 3. The average molecular weight is 299 g/mol. The van der Waals surface area contributed by atoms with Crippen LogP contribution < -0.4 is 0 Å². The summed E-state index contributed by atoms with van der Waals surface area (Å²) in [5, 5.41) is 4.22. The van der Waals surface area contributed by atoms with Crippen molar-refractivity contribution in [1.29, 1.82) is 0 Å². The molecule has 1 atom stereocenters. The first-order valence-corrected chi connectivity index (χ1v) is 8.72. The van der Waals surface area contributed by atoms with Crippen LogP contribution in [0.1, 0.15) is 25.3 Å². The highest BCUT2D eigenvalue weighted by Crippen LogP contribution is 2.19. The molecule has 112 valence electrons. The van der Waals surface area contributed by atoms with Crippen LogP contribution in [0.5, 0.6) is 0 Å². The van der Waals surface area contributed by atoms with Crippen molar-refractivity contribution >= 4 is 15.7 Å². The van der Waals surface area contributed by atoms with E-state index in [1.807, 2.05) is 17.8 Å². The van der Waals surface area contributed by atoms with Gasteiger partial charge in [0, 0.05) is 18.5 Å². The molecule has 0 saturated carbocycles. The number of sulfone groups is 1. The minimum Gasteiger partial charge on any atom is -0.337 e.